The molecule has 0 bridgehead atoms. The number of alkyl halides is 2. The van der Waals surface area contributed by atoms with Crippen LogP contribution in [0.15, 0.2) is 4.99 Å². The van der Waals surface area contributed by atoms with Crippen molar-refractivity contribution in [1.29, 1.82) is 0 Å². The van der Waals surface area contributed by atoms with Crippen molar-refractivity contribution in [2.24, 2.45) is 4.99 Å². The fourth-order valence-electron chi connectivity index (χ4n) is 0.414. The average molecular weight is 179 g/mol. The fourth-order valence-corrected chi connectivity index (χ4v) is 0.414. The van der Waals surface area contributed by atoms with Gasteiger partial charge in [0.2, 0.25) is 0 Å². The maximum absolute atomic E-state index is 11.8. The van der Waals surface area contributed by atoms with Gasteiger partial charge in [-0.15, -0.1) is 0 Å². The van der Waals surface area contributed by atoms with Crippen LogP contribution in [0, 0.1) is 0 Å². The molecule has 0 radical (unpaired) electrons. The van der Waals surface area contributed by atoms with Crippen LogP contribution < -0.4 is 0 Å². The maximum Gasteiger partial charge on any atom is 0.460 e. The van der Waals surface area contributed by atoms with Crippen LogP contribution >= 0.6 is 0 Å². The molecule has 2 unspecified atom stereocenters. The summed E-state index contributed by atoms with van der Waals surface area (Å²) in [7, 11) is -1.54. The van der Waals surface area contributed by atoms with Gasteiger partial charge in [-0.25, -0.2) is 8.78 Å². The minimum Gasteiger partial charge on any atom is -0.427 e. The maximum atomic E-state index is 11.8. The van der Waals surface area contributed by atoms with E-state index in [1.807, 2.05) is 0 Å². The van der Waals surface area contributed by atoms with E-state index in [1.54, 1.807) is 0 Å². The molecule has 0 amide bonds. The summed E-state index contributed by atoms with van der Waals surface area (Å²) in [6, 6.07) is -1.09. The van der Waals surface area contributed by atoms with Crippen LogP contribution in [0.2, 0.25) is 5.82 Å². The molecule has 0 spiro atoms. The molecule has 2 atom stereocenters. The van der Waals surface area contributed by atoms with Gasteiger partial charge in [-0.2, -0.15) is 0 Å². The lowest BCUT2D eigenvalue weighted by Gasteiger charge is -2.06. The van der Waals surface area contributed by atoms with E-state index in [0.717, 1.165) is 6.21 Å². The summed E-state index contributed by atoms with van der Waals surface area (Å²) in [5.74, 6) is -0.619. The zero-order valence-corrected chi connectivity index (χ0v) is 6.98. The molecule has 70 valence electrons. The number of halogens is 2. The SMILES string of the molecule is CC(/C=N\C(C)C(F)F)B(O)O. The summed E-state index contributed by atoms with van der Waals surface area (Å²) in [6.07, 6.45) is -1.38. The van der Waals surface area contributed by atoms with Crippen molar-refractivity contribution in [1.82, 2.24) is 0 Å². The van der Waals surface area contributed by atoms with Crippen LogP contribution in [0.1, 0.15) is 13.8 Å². The highest BCUT2D eigenvalue weighted by Crippen LogP contribution is 2.06. The summed E-state index contributed by atoms with van der Waals surface area (Å²) in [5, 5.41) is 17.1. The summed E-state index contributed by atoms with van der Waals surface area (Å²) in [4.78, 5) is 3.45. The molecule has 0 aromatic carbocycles. The van der Waals surface area contributed by atoms with E-state index >= 15 is 0 Å². The third-order valence-corrected chi connectivity index (χ3v) is 1.39. The quantitative estimate of drug-likeness (QED) is 0.489. The second kappa shape index (κ2) is 5.21. The lowest BCUT2D eigenvalue weighted by Crippen LogP contribution is -2.20. The molecular formula is C6H12BF2NO2. The topological polar surface area (TPSA) is 52.8 Å². The molecular weight excluding hydrogens is 167 g/mol. The molecule has 0 saturated heterocycles. The summed E-state index contributed by atoms with van der Waals surface area (Å²) >= 11 is 0. The van der Waals surface area contributed by atoms with Crippen molar-refractivity contribution in [3.8, 4) is 0 Å². The molecule has 6 heteroatoms. The lowest BCUT2D eigenvalue weighted by atomic mass is 9.75. The Bertz CT molecular complexity index is 138. The van der Waals surface area contributed by atoms with Crippen molar-refractivity contribution < 1.29 is 18.8 Å². The third kappa shape index (κ3) is 4.40. The molecule has 0 aromatic heterocycles. The van der Waals surface area contributed by atoms with Gasteiger partial charge in [0.1, 0.15) is 6.04 Å². The molecule has 0 aliphatic carbocycles. The molecule has 12 heavy (non-hydrogen) atoms. The Hall–Kier alpha value is -0.485. The Kier molecular flexibility index (Phi) is 5.00. The van der Waals surface area contributed by atoms with Gasteiger partial charge >= 0.3 is 7.12 Å². The van der Waals surface area contributed by atoms with E-state index in [0.29, 0.717) is 0 Å². The normalized spacial score (nSPS) is 16.9. The Morgan fingerprint density at radius 3 is 2.17 bits per heavy atom. The summed E-state index contributed by atoms with van der Waals surface area (Å²) in [5.41, 5.74) is 0. The van der Waals surface area contributed by atoms with Crippen molar-refractivity contribution in [3.63, 3.8) is 0 Å². The Morgan fingerprint density at radius 1 is 1.33 bits per heavy atom. The largest absolute Gasteiger partial charge is 0.460 e. The lowest BCUT2D eigenvalue weighted by molar-refractivity contribution is 0.124. The van der Waals surface area contributed by atoms with Crippen molar-refractivity contribution in [3.05, 3.63) is 0 Å². The van der Waals surface area contributed by atoms with Crippen LogP contribution in [-0.2, 0) is 0 Å². The van der Waals surface area contributed by atoms with Gasteiger partial charge < -0.3 is 10.0 Å². The smallest absolute Gasteiger partial charge is 0.427 e. The number of rotatable bonds is 4. The zero-order valence-electron chi connectivity index (χ0n) is 6.98. The Morgan fingerprint density at radius 2 is 1.83 bits per heavy atom. The van der Waals surface area contributed by atoms with Crippen molar-refractivity contribution in [2.45, 2.75) is 32.1 Å². The first-order valence-corrected chi connectivity index (χ1v) is 3.62. The van der Waals surface area contributed by atoms with Gasteiger partial charge in [0.15, 0.2) is 0 Å². The molecule has 0 rings (SSSR count). The average Bonchev–Trinajstić information content (AvgIpc) is 1.98. The minimum atomic E-state index is -2.51. The Balaban J connectivity index is 3.89. The van der Waals surface area contributed by atoms with Gasteiger partial charge in [0.25, 0.3) is 6.43 Å². The van der Waals surface area contributed by atoms with E-state index in [2.05, 4.69) is 4.99 Å². The van der Waals surface area contributed by atoms with E-state index in [-0.39, 0.29) is 0 Å². The molecule has 3 nitrogen and oxygen atoms in total. The molecule has 0 fully saturated rings. The van der Waals surface area contributed by atoms with Gasteiger partial charge in [0.05, 0.1) is 0 Å². The van der Waals surface area contributed by atoms with Crippen molar-refractivity contribution >= 4 is 13.3 Å². The molecule has 2 N–H and O–H groups in total. The van der Waals surface area contributed by atoms with Crippen LogP contribution in [-0.4, -0.2) is 35.8 Å². The molecule has 0 aliphatic rings. The fraction of sp³-hybridized carbons (Fsp3) is 0.833. The van der Waals surface area contributed by atoms with E-state index in [1.165, 1.54) is 13.8 Å². The first-order chi connectivity index (χ1) is 5.45. The van der Waals surface area contributed by atoms with E-state index < -0.39 is 25.4 Å². The van der Waals surface area contributed by atoms with Crippen LogP contribution in [0.4, 0.5) is 8.78 Å². The van der Waals surface area contributed by atoms with Gasteiger partial charge in [-0.1, -0.05) is 6.92 Å². The minimum absolute atomic E-state index is 0.619. The van der Waals surface area contributed by atoms with Crippen LogP contribution in [0.3, 0.4) is 0 Å². The summed E-state index contributed by atoms with van der Waals surface area (Å²) < 4.78 is 23.7. The number of nitrogens with zero attached hydrogens (tertiary/aromatic N) is 1. The highest BCUT2D eigenvalue weighted by atomic mass is 19.3. The van der Waals surface area contributed by atoms with Crippen molar-refractivity contribution in [2.75, 3.05) is 0 Å². The molecule has 0 aliphatic heterocycles. The predicted molar refractivity (Wildman–Crippen MR) is 43.6 cm³/mol. The number of hydrogen-bond acceptors (Lipinski definition) is 3. The number of hydrogen-bond donors (Lipinski definition) is 2. The first kappa shape index (κ1) is 11.5. The van der Waals surface area contributed by atoms with Gasteiger partial charge in [0, 0.05) is 12.0 Å². The zero-order chi connectivity index (χ0) is 9.72. The summed E-state index contributed by atoms with van der Waals surface area (Å²) in [6.45, 7) is 2.74. The second-order valence-corrected chi connectivity index (χ2v) is 2.65. The van der Waals surface area contributed by atoms with E-state index in [9.17, 15) is 8.78 Å². The van der Waals surface area contributed by atoms with Crippen LogP contribution in [0.25, 0.3) is 0 Å². The third-order valence-electron chi connectivity index (χ3n) is 1.39. The van der Waals surface area contributed by atoms with Gasteiger partial charge in [-0.3, -0.25) is 4.99 Å². The van der Waals surface area contributed by atoms with Gasteiger partial charge in [-0.05, 0) is 6.92 Å². The predicted octanol–water partition coefficient (Wildman–Crippen LogP) is 0.574. The monoisotopic (exact) mass is 179 g/mol. The Labute approximate surface area is 70.3 Å². The molecule has 0 heterocycles. The van der Waals surface area contributed by atoms with E-state index in [4.69, 9.17) is 10.0 Å². The number of aliphatic imine (C=N–C) groups is 1. The molecule has 0 aromatic rings. The standard InChI is InChI=1S/C6H12BF2NO2/c1-4(7(11)12)3-10-5(2)6(8)9/h3-6,11-12H,1-2H3/b10-3-. The highest BCUT2D eigenvalue weighted by molar-refractivity contribution is 6.47. The highest BCUT2D eigenvalue weighted by Gasteiger charge is 2.17. The second-order valence-electron chi connectivity index (χ2n) is 2.65. The van der Waals surface area contributed by atoms with Crippen LogP contribution in [0.5, 0.6) is 0 Å². The molecule has 0 saturated carbocycles. The first-order valence-electron chi connectivity index (χ1n) is 3.62.